The molecule has 14 heavy (non-hydrogen) atoms. The van der Waals surface area contributed by atoms with Crippen LogP contribution in [0.4, 0.5) is 0 Å². The molecule has 0 fully saturated rings. The van der Waals surface area contributed by atoms with Crippen molar-refractivity contribution in [3.05, 3.63) is 18.0 Å². The molecule has 0 amide bonds. The van der Waals surface area contributed by atoms with Crippen molar-refractivity contribution in [2.75, 3.05) is 0 Å². The zero-order chi connectivity index (χ0) is 9.35. The highest BCUT2D eigenvalue weighted by molar-refractivity contribution is 5.85. The van der Waals surface area contributed by atoms with Gasteiger partial charge in [-0.3, -0.25) is 4.68 Å². The summed E-state index contributed by atoms with van der Waals surface area (Å²) >= 11 is 0. The van der Waals surface area contributed by atoms with Crippen LogP contribution in [0.1, 0.15) is 32.4 Å². The first-order valence-corrected chi connectivity index (χ1v) is 4.15. The molecule has 3 nitrogen and oxygen atoms in total. The lowest BCUT2D eigenvalue weighted by Crippen LogP contribution is -2.25. The summed E-state index contributed by atoms with van der Waals surface area (Å²) in [5, 5.41) is 4.09. The van der Waals surface area contributed by atoms with E-state index in [9.17, 15) is 0 Å². The third-order valence-electron chi connectivity index (χ3n) is 2.02. The molecule has 0 aliphatic rings. The van der Waals surface area contributed by atoms with Gasteiger partial charge in [0.2, 0.25) is 0 Å². The Hall–Kier alpha value is -0.250. The Balaban J connectivity index is 0. The Morgan fingerprint density at radius 3 is 2.14 bits per heavy atom. The molecule has 84 valence electrons. The van der Waals surface area contributed by atoms with Crippen molar-refractivity contribution in [2.45, 2.75) is 26.8 Å². The normalized spacial score (nSPS) is 12.6. The predicted octanol–water partition coefficient (Wildman–Crippen LogP) is 2.31. The number of nitrogens with two attached hydrogens (primary N) is 1. The van der Waals surface area contributed by atoms with Crippen LogP contribution in [0.5, 0.6) is 0 Å². The van der Waals surface area contributed by atoms with Crippen LogP contribution in [0.25, 0.3) is 0 Å². The Morgan fingerprint density at radius 1 is 1.36 bits per heavy atom. The van der Waals surface area contributed by atoms with Crippen molar-refractivity contribution in [1.29, 1.82) is 0 Å². The van der Waals surface area contributed by atoms with Gasteiger partial charge in [-0.2, -0.15) is 5.10 Å². The molecule has 0 radical (unpaired) electrons. The van der Waals surface area contributed by atoms with Gasteiger partial charge in [0.25, 0.3) is 0 Å². The van der Waals surface area contributed by atoms with E-state index in [1.807, 2.05) is 19.4 Å². The lowest BCUT2D eigenvalue weighted by atomic mass is 9.84. The van der Waals surface area contributed by atoms with E-state index in [-0.39, 0.29) is 36.3 Å². The second-order valence-corrected chi connectivity index (χ2v) is 4.29. The number of aryl methyl sites for hydroxylation is 1. The smallest absolute Gasteiger partial charge is 0.0537 e. The van der Waals surface area contributed by atoms with Gasteiger partial charge in [-0.05, 0) is 5.41 Å². The van der Waals surface area contributed by atoms with E-state index in [4.69, 9.17) is 5.73 Å². The van der Waals surface area contributed by atoms with Crippen LogP contribution in [-0.2, 0) is 7.05 Å². The van der Waals surface area contributed by atoms with Crippen molar-refractivity contribution in [2.24, 2.45) is 18.2 Å². The van der Waals surface area contributed by atoms with E-state index in [0.29, 0.717) is 0 Å². The number of hydrogen-bond donors (Lipinski definition) is 1. The summed E-state index contributed by atoms with van der Waals surface area (Å²) in [6.07, 6.45) is 3.80. The van der Waals surface area contributed by atoms with Crippen LogP contribution < -0.4 is 5.73 Å². The van der Waals surface area contributed by atoms with E-state index in [1.54, 1.807) is 4.68 Å². The molecule has 0 bridgehead atoms. The highest BCUT2D eigenvalue weighted by atomic mass is 35.5. The number of nitrogens with zero attached hydrogens (tertiary/aromatic N) is 2. The first kappa shape index (κ1) is 16.2. The SMILES string of the molecule is Cl.Cl.Cn1cc(C(N)C(C)(C)C)cn1. The maximum Gasteiger partial charge on any atom is 0.0537 e. The fourth-order valence-corrected chi connectivity index (χ4v) is 1.10. The monoisotopic (exact) mass is 239 g/mol. The zero-order valence-electron chi connectivity index (χ0n) is 9.02. The average molecular weight is 240 g/mol. The minimum Gasteiger partial charge on any atom is -0.323 e. The van der Waals surface area contributed by atoms with Gasteiger partial charge in [0.1, 0.15) is 0 Å². The third kappa shape index (κ3) is 3.86. The van der Waals surface area contributed by atoms with Gasteiger partial charge in [-0.1, -0.05) is 20.8 Å². The van der Waals surface area contributed by atoms with Gasteiger partial charge in [0, 0.05) is 24.8 Å². The maximum atomic E-state index is 6.03. The molecule has 0 aliphatic heterocycles. The summed E-state index contributed by atoms with van der Waals surface area (Å²) in [5.41, 5.74) is 7.23. The minimum atomic E-state index is 0. The molecule has 0 aliphatic carbocycles. The number of hydrogen-bond acceptors (Lipinski definition) is 2. The fourth-order valence-electron chi connectivity index (χ4n) is 1.10. The number of halogens is 2. The lowest BCUT2D eigenvalue weighted by molar-refractivity contribution is 0.327. The average Bonchev–Trinajstić information content (AvgIpc) is 2.32. The van der Waals surface area contributed by atoms with Crippen molar-refractivity contribution in [3.8, 4) is 0 Å². The summed E-state index contributed by atoms with van der Waals surface area (Å²) in [7, 11) is 1.90. The lowest BCUT2D eigenvalue weighted by Gasteiger charge is -2.25. The summed E-state index contributed by atoms with van der Waals surface area (Å²) in [6, 6.07) is 0.0613. The Morgan fingerprint density at radius 2 is 1.86 bits per heavy atom. The molecule has 5 heteroatoms. The van der Waals surface area contributed by atoms with E-state index in [0.717, 1.165) is 5.56 Å². The quantitative estimate of drug-likeness (QED) is 0.818. The van der Waals surface area contributed by atoms with Gasteiger partial charge in [0.15, 0.2) is 0 Å². The highest BCUT2D eigenvalue weighted by Crippen LogP contribution is 2.29. The van der Waals surface area contributed by atoms with Crippen LogP contribution in [-0.4, -0.2) is 9.78 Å². The van der Waals surface area contributed by atoms with E-state index < -0.39 is 0 Å². The van der Waals surface area contributed by atoms with Crippen LogP contribution in [0.3, 0.4) is 0 Å². The summed E-state index contributed by atoms with van der Waals surface area (Å²) in [4.78, 5) is 0. The first-order valence-electron chi connectivity index (χ1n) is 4.15. The third-order valence-corrected chi connectivity index (χ3v) is 2.02. The highest BCUT2D eigenvalue weighted by Gasteiger charge is 2.22. The number of rotatable bonds is 1. The van der Waals surface area contributed by atoms with E-state index in [1.165, 1.54) is 0 Å². The van der Waals surface area contributed by atoms with E-state index >= 15 is 0 Å². The van der Waals surface area contributed by atoms with Crippen molar-refractivity contribution >= 4 is 24.8 Å². The molecule has 0 saturated carbocycles. The van der Waals surface area contributed by atoms with Crippen molar-refractivity contribution in [1.82, 2.24) is 9.78 Å². The second kappa shape index (κ2) is 5.59. The molecule has 0 spiro atoms. The largest absolute Gasteiger partial charge is 0.323 e. The predicted molar refractivity (Wildman–Crippen MR) is 64.1 cm³/mol. The molecular formula is C9H19Cl2N3. The summed E-state index contributed by atoms with van der Waals surface area (Å²) < 4.78 is 1.78. The zero-order valence-corrected chi connectivity index (χ0v) is 10.7. The molecule has 1 heterocycles. The van der Waals surface area contributed by atoms with Gasteiger partial charge in [-0.15, -0.1) is 24.8 Å². The van der Waals surface area contributed by atoms with Crippen molar-refractivity contribution in [3.63, 3.8) is 0 Å². The minimum absolute atomic E-state index is 0. The van der Waals surface area contributed by atoms with E-state index in [2.05, 4.69) is 25.9 Å². The van der Waals surface area contributed by atoms with Gasteiger partial charge in [0.05, 0.1) is 6.20 Å². The molecule has 1 rings (SSSR count). The molecule has 0 saturated heterocycles. The Bertz CT molecular complexity index is 265. The summed E-state index contributed by atoms with van der Waals surface area (Å²) in [5.74, 6) is 0. The Labute approximate surface area is 97.9 Å². The van der Waals surface area contributed by atoms with Gasteiger partial charge < -0.3 is 5.73 Å². The molecule has 1 unspecified atom stereocenters. The summed E-state index contributed by atoms with van der Waals surface area (Å²) in [6.45, 7) is 6.39. The van der Waals surface area contributed by atoms with Crippen LogP contribution in [0.15, 0.2) is 12.4 Å². The fraction of sp³-hybridized carbons (Fsp3) is 0.667. The van der Waals surface area contributed by atoms with Crippen LogP contribution >= 0.6 is 24.8 Å². The van der Waals surface area contributed by atoms with Crippen LogP contribution in [0.2, 0.25) is 0 Å². The molecule has 1 aromatic heterocycles. The maximum absolute atomic E-state index is 6.03. The van der Waals surface area contributed by atoms with Crippen molar-refractivity contribution < 1.29 is 0 Å². The molecule has 0 aromatic carbocycles. The topological polar surface area (TPSA) is 43.8 Å². The number of aromatic nitrogens is 2. The molecule has 1 aromatic rings. The Kier molecular flexibility index (Phi) is 6.46. The van der Waals surface area contributed by atoms with Gasteiger partial charge in [-0.25, -0.2) is 0 Å². The standard InChI is InChI=1S/C9H17N3.2ClH/c1-9(2,3)8(10)7-5-11-12(4)6-7;;/h5-6,8H,10H2,1-4H3;2*1H. The van der Waals surface area contributed by atoms with Crippen LogP contribution in [0, 0.1) is 5.41 Å². The molecular weight excluding hydrogens is 221 g/mol. The van der Waals surface area contributed by atoms with Gasteiger partial charge >= 0.3 is 0 Å². The molecule has 1 atom stereocenters. The first-order chi connectivity index (χ1) is 5.41. The second-order valence-electron chi connectivity index (χ2n) is 4.29. The molecule has 2 N–H and O–H groups in total.